The molecule has 0 aliphatic carbocycles. The van der Waals surface area contributed by atoms with Crippen LogP contribution in [0.3, 0.4) is 0 Å². The summed E-state index contributed by atoms with van der Waals surface area (Å²) in [5.41, 5.74) is 5.45. The van der Waals surface area contributed by atoms with E-state index in [1.54, 1.807) is 6.26 Å². The first-order valence-corrected chi connectivity index (χ1v) is 11.2. The van der Waals surface area contributed by atoms with E-state index in [0.29, 0.717) is 19.0 Å². The lowest BCUT2D eigenvalue weighted by Crippen LogP contribution is -2.37. The first kappa shape index (κ1) is 21.9. The second kappa shape index (κ2) is 10.8. The van der Waals surface area contributed by atoms with E-state index in [0.717, 1.165) is 50.1 Å². The molecule has 7 heteroatoms. The van der Waals surface area contributed by atoms with Gasteiger partial charge in [-0.3, -0.25) is 0 Å². The van der Waals surface area contributed by atoms with Crippen molar-refractivity contribution in [1.82, 2.24) is 15.6 Å². The predicted molar refractivity (Wildman–Crippen MR) is 128 cm³/mol. The van der Waals surface area contributed by atoms with Gasteiger partial charge in [-0.05, 0) is 37.6 Å². The van der Waals surface area contributed by atoms with Crippen molar-refractivity contribution in [2.75, 3.05) is 37.7 Å². The van der Waals surface area contributed by atoms with Crippen LogP contribution in [-0.2, 0) is 17.8 Å². The minimum absolute atomic E-state index is 0.534. The van der Waals surface area contributed by atoms with Gasteiger partial charge in [-0.1, -0.05) is 35.9 Å². The molecule has 0 spiro atoms. The lowest BCUT2D eigenvalue weighted by molar-refractivity contribution is 0.122. The summed E-state index contributed by atoms with van der Waals surface area (Å²) in [6, 6.07) is 16.6. The minimum Gasteiger partial charge on any atom is -0.444 e. The summed E-state index contributed by atoms with van der Waals surface area (Å²) >= 11 is 0. The molecule has 32 heavy (non-hydrogen) atoms. The monoisotopic (exact) mass is 433 g/mol. The molecule has 7 nitrogen and oxygen atoms in total. The van der Waals surface area contributed by atoms with Gasteiger partial charge in [0.2, 0.25) is 5.89 Å². The van der Waals surface area contributed by atoms with Crippen molar-refractivity contribution in [3.05, 3.63) is 71.6 Å². The summed E-state index contributed by atoms with van der Waals surface area (Å²) in [5.74, 6) is 1.38. The molecule has 0 saturated carbocycles. The summed E-state index contributed by atoms with van der Waals surface area (Å²) in [6.45, 7) is 9.39. The Bertz CT molecular complexity index is 1020. The summed E-state index contributed by atoms with van der Waals surface area (Å²) < 4.78 is 11.2. The van der Waals surface area contributed by atoms with Gasteiger partial charge in [0.1, 0.15) is 6.26 Å². The Labute approximate surface area is 189 Å². The number of oxazole rings is 1. The number of hydrogen-bond donors (Lipinski definition) is 2. The highest BCUT2D eigenvalue weighted by molar-refractivity contribution is 5.79. The molecule has 1 fully saturated rings. The molecular formula is C25H31N5O2. The number of para-hydroxylation sites is 1. The first-order valence-electron chi connectivity index (χ1n) is 11.2. The molecule has 1 saturated heterocycles. The fraction of sp³-hybridized carbons (Fsp3) is 0.360. The molecule has 2 aromatic carbocycles. The number of ether oxygens (including phenoxy) is 1. The Morgan fingerprint density at radius 2 is 1.84 bits per heavy atom. The van der Waals surface area contributed by atoms with Crippen molar-refractivity contribution in [2.24, 2.45) is 4.99 Å². The van der Waals surface area contributed by atoms with E-state index in [-0.39, 0.29) is 0 Å². The summed E-state index contributed by atoms with van der Waals surface area (Å²) in [6.07, 6.45) is 1.69. The third-order valence-electron chi connectivity index (χ3n) is 5.38. The molecule has 0 atom stereocenters. The van der Waals surface area contributed by atoms with Crippen LogP contribution in [0.1, 0.15) is 23.7 Å². The highest BCUT2D eigenvalue weighted by Gasteiger charge is 2.14. The quantitative estimate of drug-likeness (QED) is 0.437. The number of rotatable bonds is 7. The number of aliphatic imine (C=N–C) groups is 1. The summed E-state index contributed by atoms with van der Waals surface area (Å²) in [7, 11) is 0. The van der Waals surface area contributed by atoms with E-state index in [1.807, 2.05) is 12.1 Å². The molecule has 1 aromatic heterocycles. The molecule has 0 amide bonds. The van der Waals surface area contributed by atoms with Crippen LogP contribution >= 0.6 is 0 Å². The number of guanidine groups is 1. The average Bonchev–Trinajstić information content (AvgIpc) is 3.31. The number of benzene rings is 2. The highest BCUT2D eigenvalue weighted by Crippen LogP contribution is 2.22. The van der Waals surface area contributed by atoms with E-state index in [9.17, 15) is 0 Å². The SMILES string of the molecule is CCNC(=NCc1ccccc1N1CCOCC1)NCc1coc(-c2ccc(C)cc2)n1. The van der Waals surface area contributed by atoms with Crippen LogP contribution in [0.5, 0.6) is 0 Å². The summed E-state index contributed by atoms with van der Waals surface area (Å²) in [4.78, 5) is 11.8. The second-order valence-electron chi connectivity index (χ2n) is 7.79. The average molecular weight is 434 g/mol. The van der Waals surface area contributed by atoms with Gasteiger partial charge in [-0.2, -0.15) is 0 Å². The topological polar surface area (TPSA) is 74.9 Å². The van der Waals surface area contributed by atoms with Gasteiger partial charge >= 0.3 is 0 Å². The first-order chi connectivity index (χ1) is 15.7. The standard InChI is InChI=1S/C25H31N5O2/c1-3-26-25(27-16-21-6-4-5-7-23(21)30-12-14-31-15-13-30)28-17-22-18-32-24(29-22)20-10-8-19(2)9-11-20/h4-11,18H,3,12-17H2,1-2H3,(H2,26,27,28). The van der Waals surface area contributed by atoms with Crippen molar-refractivity contribution in [2.45, 2.75) is 26.9 Å². The lowest BCUT2D eigenvalue weighted by atomic mass is 10.1. The molecule has 0 unspecified atom stereocenters. The number of nitrogens with zero attached hydrogens (tertiary/aromatic N) is 3. The van der Waals surface area contributed by atoms with Gasteiger partial charge in [0, 0.05) is 30.9 Å². The number of morpholine rings is 1. The maximum absolute atomic E-state index is 5.67. The Hall–Kier alpha value is -3.32. The van der Waals surface area contributed by atoms with Crippen LogP contribution in [0, 0.1) is 6.92 Å². The normalized spacial score (nSPS) is 14.4. The number of nitrogens with one attached hydrogen (secondary N) is 2. The molecule has 0 radical (unpaired) electrons. The van der Waals surface area contributed by atoms with Crippen LogP contribution in [0.2, 0.25) is 0 Å². The maximum atomic E-state index is 5.67. The van der Waals surface area contributed by atoms with Crippen molar-refractivity contribution < 1.29 is 9.15 Å². The van der Waals surface area contributed by atoms with Gasteiger partial charge < -0.3 is 24.7 Å². The smallest absolute Gasteiger partial charge is 0.226 e. The third kappa shape index (κ3) is 5.68. The van der Waals surface area contributed by atoms with Gasteiger partial charge in [-0.25, -0.2) is 9.98 Å². The molecule has 2 N–H and O–H groups in total. The molecule has 4 rings (SSSR count). The largest absolute Gasteiger partial charge is 0.444 e. The molecule has 3 aromatic rings. The number of aryl methyl sites for hydroxylation is 1. The van der Waals surface area contributed by atoms with Gasteiger partial charge in [0.15, 0.2) is 5.96 Å². The highest BCUT2D eigenvalue weighted by atomic mass is 16.5. The van der Waals surface area contributed by atoms with Crippen molar-refractivity contribution in [3.63, 3.8) is 0 Å². The zero-order chi connectivity index (χ0) is 22.2. The second-order valence-corrected chi connectivity index (χ2v) is 7.79. The fourth-order valence-corrected chi connectivity index (χ4v) is 3.65. The Morgan fingerprint density at radius 1 is 1.06 bits per heavy atom. The van der Waals surface area contributed by atoms with Crippen LogP contribution in [0.25, 0.3) is 11.5 Å². The fourth-order valence-electron chi connectivity index (χ4n) is 3.65. The van der Waals surface area contributed by atoms with Gasteiger partial charge in [0.05, 0.1) is 32.0 Å². The van der Waals surface area contributed by atoms with Crippen LogP contribution in [-0.4, -0.2) is 43.8 Å². The number of anilines is 1. The van der Waals surface area contributed by atoms with Crippen molar-refractivity contribution in [1.29, 1.82) is 0 Å². The van der Waals surface area contributed by atoms with Crippen molar-refractivity contribution >= 4 is 11.6 Å². The van der Waals surface area contributed by atoms with Crippen LogP contribution in [0.15, 0.2) is 64.2 Å². The zero-order valence-electron chi connectivity index (χ0n) is 18.8. The van der Waals surface area contributed by atoms with E-state index >= 15 is 0 Å². The van der Waals surface area contributed by atoms with Crippen LogP contribution < -0.4 is 15.5 Å². The Morgan fingerprint density at radius 3 is 2.62 bits per heavy atom. The zero-order valence-corrected chi connectivity index (χ0v) is 18.8. The molecule has 168 valence electrons. The molecule has 1 aliphatic rings. The van der Waals surface area contributed by atoms with Gasteiger partial charge in [0.25, 0.3) is 0 Å². The molecule has 0 bridgehead atoms. The van der Waals surface area contributed by atoms with E-state index in [2.05, 4.69) is 70.8 Å². The Balaban J connectivity index is 1.41. The lowest BCUT2D eigenvalue weighted by Gasteiger charge is -2.30. The minimum atomic E-state index is 0.534. The van der Waals surface area contributed by atoms with E-state index in [1.165, 1.54) is 16.8 Å². The molecular weight excluding hydrogens is 402 g/mol. The number of aromatic nitrogens is 1. The van der Waals surface area contributed by atoms with Crippen molar-refractivity contribution in [3.8, 4) is 11.5 Å². The van der Waals surface area contributed by atoms with E-state index in [4.69, 9.17) is 14.1 Å². The predicted octanol–water partition coefficient (Wildman–Crippen LogP) is 3.74. The van der Waals surface area contributed by atoms with E-state index < -0.39 is 0 Å². The Kier molecular flexibility index (Phi) is 7.40. The molecule has 1 aliphatic heterocycles. The van der Waals surface area contributed by atoms with Gasteiger partial charge in [-0.15, -0.1) is 0 Å². The maximum Gasteiger partial charge on any atom is 0.226 e. The number of hydrogen-bond acceptors (Lipinski definition) is 5. The molecule has 2 heterocycles. The third-order valence-corrected chi connectivity index (χ3v) is 5.38. The summed E-state index contributed by atoms with van der Waals surface area (Å²) in [5, 5.41) is 6.68. The van der Waals surface area contributed by atoms with Crippen LogP contribution in [0.4, 0.5) is 5.69 Å².